The number of hydrogen-bond acceptors (Lipinski definition) is 4. The van der Waals surface area contributed by atoms with Gasteiger partial charge in [-0.05, 0) is 30.5 Å². The molecule has 3 rings (SSSR count). The van der Waals surface area contributed by atoms with Gasteiger partial charge in [0.05, 0.1) is 0 Å². The quantitative estimate of drug-likeness (QED) is 0.941. The van der Waals surface area contributed by atoms with Crippen LogP contribution < -0.4 is 5.73 Å². The maximum Gasteiger partial charge on any atom is 0.228 e. The molecule has 2 aromatic rings. The fourth-order valence-corrected chi connectivity index (χ4v) is 2.89. The highest BCUT2D eigenvalue weighted by molar-refractivity contribution is 5.21. The van der Waals surface area contributed by atoms with E-state index in [1.807, 2.05) is 0 Å². The van der Waals surface area contributed by atoms with Crippen molar-refractivity contribution < 1.29 is 13.3 Å². The van der Waals surface area contributed by atoms with E-state index in [0.29, 0.717) is 23.7 Å². The molecular weight excluding hydrogens is 276 g/mol. The molecule has 1 aliphatic rings. The molecule has 0 saturated heterocycles. The summed E-state index contributed by atoms with van der Waals surface area (Å²) in [5, 5.41) is 3.86. The molecule has 0 unspecified atom stereocenters. The Bertz CT molecular complexity index is 615. The summed E-state index contributed by atoms with van der Waals surface area (Å²) in [6.07, 6.45) is 4.95. The lowest BCUT2D eigenvalue weighted by Gasteiger charge is -2.20. The lowest BCUT2D eigenvalue weighted by atomic mass is 9.95. The van der Waals surface area contributed by atoms with Gasteiger partial charge in [-0.25, -0.2) is 8.78 Å². The predicted octanol–water partition coefficient (Wildman–Crippen LogP) is 2.75. The standard InChI is InChI=1S/C15H17F2N3O/c16-11-5-10(6-12(17)8-11)7-13-19-14(21-20-13)9-15(18)3-1-2-4-15/h5-6,8H,1-4,7,9,18H2. The molecule has 2 N–H and O–H groups in total. The van der Waals surface area contributed by atoms with E-state index in [2.05, 4.69) is 10.1 Å². The van der Waals surface area contributed by atoms with Gasteiger partial charge in [0, 0.05) is 24.4 Å². The van der Waals surface area contributed by atoms with Gasteiger partial charge in [-0.1, -0.05) is 18.0 Å². The summed E-state index contributed by atoms with van der Waals surface area (Å²) in [6.45, 7) is 0. The number of nitrogens with two attached hydrogens (primary N) is 1. The first-order chi connectivity index (χ1) is 10.0. The lowest BCUT2D eigenvalue weighted by molar-refractivity contribution is 0.327. The fraction of sp³-hybridized carbons (Fsp3) is 0.467. The second-order valence-corrected chi connectivity index (χ2v) is 5.81. The van der Waals surface area contributed by atoms with Crippen molar-refractivity contribution in [2.45, 2.75) is 44.1 Å². The maximum atomic E-state index is 13.1. The third kappa shape index (κ3) is 3.44. The van der Waals surface area contributed by atoms with Crippen LogP contribution in [0.5, 0.6) is 0 Å². The summed E-state index contributed by atoms with van der Waals surface area (Å²) in [4.78, 5) is 4.27. The van der Waals surface area contributed by atoms with Gasteiger partial charge in [-0.15, -0.1) is 0 Å². The predicted molar refractivity (Wildman–Crippen MR) is 72.6 cm³/mol. The second-order valence-electron chi connectivity index (χ2n) is 5.81. The summed E-state index contributed by atoms with van der Waals surface area (Å²) >= 11 is 0. The van der Waals surface area contributed by atoms with Crippen molar-refractivity contribution in [3.05, 3.63) is 47.1 Å². The molecule has 1 aliphatic carbocycles. The summed E-state index contributed by atoms with van der Waals surface area (Å²) in [6, 6.07) is 3.37. The topological polar surface area (TPSA) is 64.9 Å². The first kappa shape index (κ1) is 14.1. The highest BCUT2D eigenvalue weighted by Gasteiger charge is 2.31. The fourth-order valence-electron chi connectivity index (χ4n) is 2.89. The van der Waals surface area contributed by atoms with Crippen molar-refractivity contribution >= 4 is 0 Å². The van der Waals surface area contributed by atoms with Gasteiger partial charge in [0.2, 0.25) is 5.89 Å². The Hall–Kier alpha value is -1.82. The van der Waals surface area contributed by atoms with Crippen molar-refractivity contribution in [1.82, 2.24) is 10.1 Å². The van der Waals surface area contributed by atoms with Crippen LogP contribution in [0, 0.1) is 11.6 Å². The Morgan fingerprint density at radius 3 is 2.48 bits per heavy atom. The van der Waals surface area contributed by atoms with E-state index in [9.17, 15) is 8.78 Å². The van der Waals surface area contributed by atoms with E-state index in [0.717, 1.165) is 31.7 Å². The molecule has 0 atom stereocenters. The summed E-state index contributed by atoms with van der Waals surface area (Å²) in [5.74, 6) is -0.316. The maximum absolute atomic E-state index is 13.1. The Morgan fingerprint density at radius 2 is 1.81 bits per heavy atom. The Labute approximate surface area is 121 Å². The first-order valence-corrected chi connectivity index (χ1v) is 7.08. The third-order valence-corrected chi connectivity index (χ3v) is 3.90. The van der Waals surface area contributed by atoms with Crippen LogP contribution in [-0.2, 0) is 12.8 Å². The van der Waals surface area contributed by atoms with Crippen LogP contribution in [0.3, 0.4) is 0 Å². The van der Waals surface area contributed by atoms with Crippen molar-refractivity contribution in [3.63, 3.8) is 0 Å². The summed E-state index contributed by atoms with van der Waals surface area (Å²) in [5.41, 5.74) is 6.49. The van der Waals surface area contributed by atoms with Crippen LogP contribution in [0.15, 0.2) is 22.7 Å². The van der Waals surface area contributed by atoms with Crippen molar-refractivity contribution in [2.24, 2.45) is 5.73 Å². The smallest absolute Gasteiger partial charge is 0.228 e. The van der Waals surface area contributed by atoms with Crippen molar-refractivity contribution in [2.75, 3.05) is 0 Å². The van der Waals surface area contributed by atoms with E-state index in [-0.39, 0.29) is 12.0 Å². The second kappa shape index (κ2) is 5.52. The van der Waals surface area contributed by atoms with Gasteiger partial charge >= 0.3 is 0 Å². The molecule has 1 heterocycles. The lowest BCUT2D eigenvalue weighted by Crippen LogP contribution is -2.38. The normalized spacial score (nSPS) is 17.3. The SMILES string of the molecule is NC1(Cc2nc(Cc3cc(F)cc(F)c3)no2)CCCC1. The van der Waals surface area contributed by atoms with Crippen molar-refractivity contribution in [3.8, 4) is 0 Å². The number of aromatic nitrogens is 2. The molecule has 21 heavy (non-hydrogen) atoms. The van der Waals surface area contributed by atoms with Crippen LogP contribution in [0.4, 0.5) is 8.78 Å². The zero-order chi connectivity index (χ0) is 14.9. The average molecular weight is 293 g/mol. The zero-order valence-corrected chi connectivity index (χ0v) is 11.6. The summed E-state index contributed by atoms with van der Waals surface area (Å²) < 4.78 is 31.5. The van der Waals surface area contributed by atoms with E-state index in [1.54, 1.807) is 0 Å². The number of benzene rings is 1. The van der Waals surface area contributed by atoms with Crippen LogP contribution in [0.2, 0.25) is 0 Å². The Morgan fingerprint density at radius 1 is 1.14 bits per heavy atom. The number of rotatable bonds is 4. The minimum atomic E-state index is -0.611. The van der Waals surface area contributed by atoms with Crippen LogP contribution in [0.25, 0.3) is 0 Å². The molecular formula is C15H17F2N3O. The molecule has 0 amide bonds. The number of hydrogen-bond donors (Lipinski definition) is 1. The van der Waals surface area contributed by atoms with Gasteiger partial charge in [0.25, 0.3) is 0 Å². The van der Waals surface area contributed by atoms with Crippen molar-refractivity contribution in [1.29, 1.82) is 0 Å². The molecule has 0 spiro atoms. The van der Waals surface area contributed by atoms with Crippen LogP contribution in [-0.4, -0.2) is 15.7 Å². The van der Waals surface area contributed by atoms with Crippen LogP contribution >= 0.6 is 0 Å². The largest absolute Gasteiger partial charge is 0.339 e. The zero-order valence-electron chi connectivity index (χ0n) is 11.6. The number of nitrogens with zero attached hydrogens (tertiary/aromatic N) is 2. The third-order valence-electron chi connectivity index (χ3n) is 3.90. The highest BCUT2D eigenvalue weighted by atomic mass is 19.1. The molecule has 0 bridgehead atoms. The molecule has 0 radical (unpaired) electrons. The Balaban J connectivity index is 1.70. The van der Waals surface area contributed by atoms with Gasteiger partial charge < -0.3 is 10.3 Å². The van der Waals surface area contributed by atoms with E-state index in [4.69, 9.17) is 10.3 Å². The van der Waals surface area contributed by atoms with Gasteiger partial charge in [0.15, 0.2) is 5.82 Å². The molecule has 4 nitrogen and oxygen atoms in total. The van der Waals surface area contributed by atoms with Gasteiger partial charge in [-0.3, -0.25) is 0 Å². The average Bonchev–Trinajstić information content (AvgIpc) is 2.98. The molecule has 1 aromatic heterocycles. The van der Waals surface area contributed by atoms with E-state index in [1.165, 1.54) is 12.1 Å². The molecule has 1 fully saturated rings. The molecule has 1 aromatic carbocycles. The molecule has 6 heteroatoms. The van der Waals surface area contributed by atoms with Gasteiger partial charge in [0.1, 0.15) is 11.6 Å². The van der Waals surface area contributed by atoms with Crippen LogP contribution in [0.1, 0.15) is 43.0 Å². The minimum Gasteiger partial charge on any atom is -0.339 e. The van der Waals surface area contributed by atoms with E-state index < -0.39 is 11.6 Å². The Kier molecular flexibility index (Phi) is 3.71. The molecule has 112 valence electrons. The summed E-state index contributed by atoms with van der Waals surface area (Å²) in [7, 11) is 0. The molecule has 0 aliphatic heterocycles. The van der Waals surface area contributed by atoms with E-state index >= 15 is 0 Å². The van der Waals surface area contributed by atoms with Gasteiger partial charge in [-0.2, -0.15) is 4.98 Å². The first-order valence-electron chi connectivity index (χ1n) is 7.08. The highest BCUT2D eigenvalue weighted by Crippen LogP contribution is 2.30. The number of halogens is 2. The molecule has 1 saturated carbocycles. The monoisotopic (exact) mass is 293 g/mol. The minimum absolute atomic E-state index is 0.232.